The van der Waals surface area contributed by atoms with E-state index in [1.165, 1.54) is 0 Å². The Morgan fingerprint density at radius 1 is 1.14 bits per heavy atom. The maximum absolute atomic E-state index is 12.4. The second kappa shape index (κ2) is 6.22. The molecule has 1 amide bonds. The first kappa shape index (κ1) is 14.6. The van der Waals surface area contributed by atoms with Gasteiger partial charge in [-0.15, -0.1) is 11.3 Å². The largest absolute Gasteiger partial charge is 0.345 e. The van der Waals surface area contributed by atoms with Crippen LogP contribution in [0.5, 0.6) is 0 Å². The van der Waals surface area contributed by atoms with Crippen molar-refractivity contribution in [3.63, 3.8) is 0 Å². The predicted molar refractivity (Wildman–Crippen MR) is 86.7 cm³/mol. The van der Waals surface area contributed by atoms with E-state index in [1.54, 1.807) is 35.7 Å². The summed E-state index contributed by atoms with van der Waals surface area (Å²) in [5, 5.41) is 3.84. The van der Waals surface area contributed by atoms with Gasteiger partial charge in [-0.2, -0.15) is 0 Å². The Labute approximate surface area is 136 Å². The summed E-state index contributed by atoms with van der Waals surface area (Å²) in [5.41, 5.74) is 0.576. The highest BCUT2D eigenvalue weighted by Crippen LogP contribution is 2.24. The second-order valence-corrected chi connectivity index (χ2v) is 6.41. The molecule has 3 rings (SSSR count). The molecule has 0 saturated carbocycles. The molecule has 0 radical (unpaired) electrons. The normalized spacial score (nSPS) is 15.3. The number of amides is 1. The Bertz CT molecular complexity index is 640. The van der Waals surface area contributed by atoms with E-state index in [2.05, 4.69) is 9.88 Å². The zero-order valence-electron chi connectivity index (χ0n) is 11.1. The fraction of sp³-hybridized carbons (Fsp3) is 0.286. The van der Waals surface area contributed by atoms with Gasteiger partial charge in [-0.3, -0.25) is 4.79 Å². The molecule has 0 aliphatic carbocycles. The van der Waals surface area contributed by atoms with E-state index in [1.807, 2.05) is 10.3 Å². The minimum Gasteiger partial charge on any atom is -0.345 e. The Morgan fingerprint density at radius 2 is 1.90 bits per heavy atom. The summed E-state index contributed by atoms with van der Waals surface area (Å²) in [4.78, 5) is 20.8. The van der Waals surface area contributed by atoms with Crippen molar-refractivity contribution in [1.29, 1.82) is 0 Å². The molecule has 7 heteroatoms. The third kappa shape index (κ3) is 3.15. The number of anilines is 1. The second-order valence-electron chi connectivity index (χ2n) is 4.72. The van der Waals surface area contributed by atoms with E-state index in [-0.39, 0.29) is 5.91 Å². The fourth-order valence-electron chi connectivity index (χ4n) is 2.28. The highest BCUT2D eigenvalue weighted by molar-refractivity contribution is 7.13. The van der Waals surface area contributed by atoms with Crippen LogP contribution in [0.4, 0.5) is 5.13 Å². The predicted octanol–water partition coefficient (Wildman–Crippen LogP) is 3.41. The molecule has 110 valence electrons. The van der Waals surface area contributed by atoms with Crippen molar-refractivity contribution >= 4 is 45.6 Å². The van der Waals surface area contributed by atoms with Gasteiger partial charge in [-0.05, 0) is 18.2 Å². The Hall–Kier alpha value is -1.30. The SMILES string of the molecule is O=C(c1ccc(Cl)c(Cl)c1)N1CCN(c2nccs2)CC1. The third-order valence-electron chi connectivity index (χ3n) is 3.42. The zero-order valence-corrected chi connectivity index (χ0v) is 13.5. The zero-order chi connectivity index (χ0) is 14.8. The van der Waals surface area contributed by atoms with E-state index >= 15 is 0 Å². The lowest BCUT2D eigenvalue weighted by molar-refractivity contribution is 0.0747. The molecule has 4 nitrogen and oxygen atoms in total. The van der Waals surface area contributed by atoms with Crippen LogP contribution in [0.3, 0.4) is 0 Å². The van der Waals surface area contributed by atoms with Crippen molar-refractivity contribution < 1.29 is 4.79 Å². The molecule has 0 atom stereocenters. The molecule has 1 aromatic heterocycles. The number of nitrogens with zero attached hydrogens (tertiary/aromatic N) is 3. The van der Waals surface area contributed by atoms with Gasteiger partial charge in [-0.1, -0.05) is 23.2 Å². The van der Waals surface area contributed by atoms with E-state index in [9.17, 15) is 4.79 Å². The van der Waals surface area contributed by atoms with Crippen molar-refractivity contribution in [1.82, 2.24) is 9.88 Å². The van der Waals surface area contributed by atoms with Gasteiger partial charge >= 0.3 is 0 Å². The van der Waals surface area contributed by atoms with Crippen molar-refractivity contribution in [3.8, 4) is 0 Å². The van der Waals surface area contributed by atoms with E-state index < -0.39 is 0 Å². The molecule has 1 aromatic carbocycles. The van der Waals surface area contributed by atoms with Crippen molar-refractivity contribution in [2.24, 2.45) is 0 Å². The number of hydrogen-bond acceptors (Lipinski definition) is 4. The monoisotopic (exact) mass is 341 g/mol. The smallest absolute Gasteiger partial charge is 0.254 e. The average Bonchev–Trinajstić information content (AvgIpc) is 3.04. The van der Waals surface area contributed by atoms with Crippen LogP contribution < -0.4 is 4.90 Å². The first-order chi connectivity index (χ1) is 10.1. The van der Waals surface area contributed by atoms with Gasteiger partial charge in [0, 0.05) is 43.3 Å². The third-order valence-corrected chi connectivity index (χ3v) is 4.99. The number of thiazole rings is 1. The highest BCUT2D eigenvalue weighted by Gasteiger charge is 2.23. The van der Waals surface area contributed by atoms with Gasteiger partial charge in [0.25, 0.3) is 5.91 Å². The van der Waals surface area contributed by atoms with Crippen LogP contribution in [-0.2, 0) is 0 Å². The lowest BCUT2D eigenvalue weighted by Crippen LogP contribution is -2.48. The van der Waals surface area contributed by atoms with Crippen molar-refractivity contribution in [3.05, 3.63) is 45.4 Å². The van der Waals surface area contributed by atoms with E-state index in [0.29, 0.717) is 28.7 Å². The van der Waals surface area contributed by atoms with Crippen LogP contribution in [-0.4, -0.2) is 42.0 Å². The maximum Gasteiger partial charge on any atom is 0.254 e. The summed E-state index contributed by atoms with van der Waals surface area (Å²) in [7, 11) is 0. The van der Waals surface area contributed by atoms with Crippen LogP contribution in [0.15, 0.2) is 29.8 Å². The summed E-state index contributed by atoms with van der Waals surface area (Å²) in [6.07, 6.45) is 1.80. The van der Waals surface area contributed by atoms with Crippen LogP contribution in [0.2, 0.25) is 10.0 Å². The molecule has 2 heterocycles. The number of carbonyl (C=O) groups is 1. The van der Waals surface area contributed by atoms with E-state index in [4.69, 9.17) is 23.2 Å². The van der Waals surface area contributed by atoms with Crippen LogP contribution >= 0.6 is 34.5 Å². The van der Waals surface area contributed by atoms with Crippen molar-refractivity contribution in [2.75, 3.05) is 31.1 Å². The maximum atomic E-state index is 12.4. The lowest BCUT2D eigenvalue weighted by Gasteiger charge is -2.34. The number of aromatic nitrogens is 1. The summed E-state index contributed by atoms with van der Waals surface area (Å²) < 4.78 is 0. The Kier molecular flexibility index (Phi) is 4.33. The molecule has 21 heavy (non-hydrogen) atoms. The highest BCUT2D eigenvalue weighted by atomic mass is 35.5. The summed E-state index contributed by atoms with van der Waals surface area (Å²) in [5.74, 6) is -0.00708. The summed E-state index contributed by atoms with van der Waals surface area (Å²) >= 11 is 13.5. The molecule has 1 aliphatic heterocycles. The number of benzene rings is 1. The van der Waals surface area contributed by atoms with Gasteiger partial charge in [0.15, 0.2) is 5.13 Å². The lowest BCUT2D eigenvalue weighted by atomic mass is 10.2. The standard InChI is InChI=1S/C14H13Cl2N3OS/c15-11-2-1-10(9-12(11)16)13(20)18-4-6-19(7-5-18)14-17-3-8-21-14/h1-3,8-9H,4-7H2. The molecule has 1 saturated heterocycles. The Morgan fingerprint density at radius 3 is 2.52 bits per heavy atom. The van der Waals surface area contributed by atoms with Gasteiger partial charge in [-0.25, -0.2) is 4.98 Å². The number of piperazine rings is 1. The number of rotatable bonds is 2. The molecule has 0 N–H and O–H groups in total. The molecule has 0 bridgehead atoms. The number of carbonyl (C=O) groups excluding carboxylic acids is 1. The van der Waals surface area contributed by atoms with Crippen LogP contribution in [0.1, 0.15) is 10.4 Å². The minimum absolute atomic E-state index is 0.00708. The van der Waals surface area contributed by atoms with Gasteiger partial charge in [0.2, 0.25) is 0 Å². The molecular weight excluding hydrogens is 329 g/mol. The first-order valence-electron chi connectivity index (χ1n) is 6.54. The first-order valence-corrected chi connectivity index (χ1v) is 8.17. The topological polar surface area (TPSA) is 36.4 Å². The summed E-state index contributed by atoms with van der Waals surface area (Å²) in [6, 6.07) is 4.99. The molecule has 2 aromatic rings. The molecule has 1 fully saturated rings. The van der Waals surface area contributed by atoms with Gasteiger partial charge in [0.1, 0.15) is 0 Å². The quantitative estimate of drug-likeness (QED) is 0.839. The van der Waals surface area contributed by atoms with Gasteiger partial charge < -0.3 is 9.80 Å². The number of hydrogen-bond donors (Lipinski definition) is 0. The molecule has 0 unspecified atom stereocenters. The molecule has 1 aliphatic rings. The van der Waals surface area contributed by atoms with Crippen LogP contribution in [0, 0.1) is 0 Å². The average molecular weight is 342 g/mol. The number of halogens is 2. The van der Waals surface area contributed by atoms with E-state index in [0.717, 1.165) is 18.2 Å². The fourth-order valence-corrected chi connectivity index (χ4v) is 3.28. The van der Waals surface area contributed by atoms with Crippen molar-refractivity contribution in [2.45, 2.75) is 0 Å². The molecular formula is C14H13Cl2N3OS. The molecule has 0 spiro atoms. The van der Waals surface area contributed by atoms with Crippen LogP contribution in [0.25, 0.3) is 0 Å². The minimum atomic E-state index is -0.00708. The van der Waals surface area contributed by atoms with Gasteiger partial charge in [0.05, 0.1) is 10.0 Å². The Balaban J connectivity index is 1.66. The summed E-state index contributed by atoms with van der Waals surface area (Å²) in [6.45, 7) is 2.94.